The number of carbonyl (C=O) groups excluding carboxylic acids is 2. The molecule has 0 aliphatic rings. The number of carbonyl (C=O) groups is 2. The SMILES string of the molecule is C/C=C/C(=O)NC(=O)c1ccc(OC)cc1. The zero-order valence-electron chi connectivity index (χ0n) is 9.19. The van der Waals surface area contributed by atoms with Crippen molar-refractivity contribution in [1.29, 1.82) is 0 Å². The molecule has 0 aromatic heterocycles. The van der Waals surface area contributed by atoms with Gasteiger partial charge in [0.1, 0.15) is 5.75 Å². The third-order valence-corrected chi connectivity index (χ3v) is 1.91. The third kappa shape index (κ3) is 3.24. The molecule has 0 aliphatic carbocycles. The van der Waals surface area contributed by atoms with Gasteiger partial charge in [0.05, 0.1) is 7.11 Å². The van der Waals surface area contributed by atoms with Gasteiger partial charge in [0.25, 0.3) is 5.91 Å². The molecule has 0 fully saturated rings. The van der Waals surface area contributed by atoms with Crippen molar-refractivity contribution in [2.45, 2.75) is 6.92 Å². The molecule has 0 aliphatic heterocycles. The van der Waals surface area contributed by atoms with Gasteiger partial charge in [0.2, 0.25) is 5.91 Å². The van der Waals surface area contributed by atoms with E-state index < -0.39 is 11.8 Å². The van der Waals surface area contributed by atoms with E-state index in [4.69, 9.17) is 4.74 Å². The number of methoxy groups -OCH3 is 1. The number of hydrogen-bond acceptors (Lipinski definition) is 3. The number of allylic oxidation sites excluding steroid dienone is 1. The Morgan fingerprint density at radius 3 is 2.38 bits per heavy atom. The van der Waals surface area contributed by atoms with Crippen molar-refractivity contribution in [2.24, 2.45) is 0 Å². The Hall–Kier alpha value is -2.10. The Labute approximate surface area is 93.9 Å². The summed E-state index contributed by atoms with van der Waals surface area (Å²) >= 11 is 0. The average molecular weight is 219 g/mol. The predicted octanol–water partition coefficient (Wildman–Crippen LogP) is 1.53. The maximum absolute atomic E-state index is 11.5. The van der Waals surface area contributed by atoms with Gasteiger partial charge >= 0.3 is 0 Å². The Balaban J connectivity index is 2.69. The van der Waals surface area contributed by atoms with Crippen molar-refractivity contribution in [3.05, 3.63) is 42.0 Å². The zero-order chi connectivity index (χ0) is 12.0. The van der Waals surface area contributed by atoms with E-state index in [0.717, 1.165) is 0 Å². The van der Waals surface area contributed by atoms with E-state index in [2.05, 4.69) is 5.32 Å². The van der Waals surface area contributed by atoms with Crippen molar-refractivity contribution < 1.29 is 14.3 Å². The molecule has 1 rings (SSSR count). The van der Waals surface area contributed by atoms with Crippen LogP contribution in [0.2, 0.25) is 0 Å². The van der Waals surface area contributed by atoms with Gasteiger partial charge in [-0.15, -0.1) is 0 Å². The zero-order valence-corrected chi connectivity index (χ0v) is 9.19. The van der Waals surface area contributed by atoms with Gasteiger partial charge in [-0.2, -0.15) is 0 Å². The number of imide groups is 1. The van der Waals surface area contributed by atoms with Crippen LogP contribution in [0, 0.1) is 0 Å². The highest BCUT2D eigenvalue weighted by Gasteiger charge is 2.07. The van der Waals surface area contributed by atoms with E-state index in [1.54, 1.807) is 44.4 Å². The first-order valence-corrected chi connectivity index (χ1v) is 4.79. The Bertz CT molecular complexity index is 407. The average Bonchev–Trinajstić information content (AvgIpc) is 2.29. The van der Waals surface area contributed by atoms with E-state index in [0.29, 0.717) is 11.3 Å². The molecule has 0 saturated carbocycles. The first kappa shape index (κ1) is 12.0. The van der Waals surface area contributed by atoms with Crippen LogP contribution < -0.4 is 10.1 Å². The molecule has 0 radical (unpaired) electrons. The van der Waals surface area contributed by atoms with Crippen LogP contribution in [0.5, 0.6) is 5.75 Å². The Kier molecular flexibility index (Phi) is 4.27. The van der Waals surface area contributed by atoms with Crippen LogP contribution in [-0.2, 0) is 4.79 Å². The summed E-state index contributed by atoms with van der Waals surface area (Å²) in [7, 11) is 1.55. The number of benzene rings is 1. The monoisotopic (exact) mass is 219 g/mol. The molecule has 4 nitrogen and oxygen atoms in total. The highest BCUT2D eigenvalue weighted by molar-refractivity contribution is 6.07. The van der Waals surface area contributed by atoms with E-state index in [1.165, 1.54) is 6.08 Å². The number of nitrogens with one attached hydrogen (secondary N) is 1. The van der Waals surface area contributed by atoms with Crippen LogP contribution in [0.4, 0.5) is 0 Å². The van der Waals surface area contributed by atoms with Crippen molar-refractivity contribution in [1.82, 2.24) is 5.32 Å². The molecule has 16 heavy (non-hydrogen) atoms. The van der Waals surface area contributed by atoms with E-state index in [-0.39, 0.29) is 0 Å². The summed E-state index contributed by atoms with van der Waals surface area (Å²) in [6, 6.07) is 6.51. The summed E-state index contributed by atoms with van der Waals surface area (Å²) in [5.41, 5.74) is 0.415. The maximum atomic E-state index is 11.5. The summed E-state index contributed by atoms with van der Waals surface area (Å²) in [6.07, 6.45) is 2.86. The fourth-order valence-corrected chi connectivity index (χ4v) is 1.12. The first-order chi connectivity index (χ1) is 7.67. The number of amides is 2. The minimum absolute atomic E-state index is 0.415. The van der Waals surface area contributed by atoms with Gasteiger partial charge in [-0.3, -0.25) is 14.9 Å². The molecule has 4 heteroatoms. The minimum atomic E-state index is -0.427. The summed E-state index contributed by atoms with van der Waals surface area (Å²) in [4.78, 5) is 22.6. The molecule has 0 saturated heterocycles. The van der Waals surface area contributed by atoms with Crippen molar-refractivity contribution in [2.75, 3.05) is 7.11 Å². The summed E-state index contributed by atoms with van der Waals surface area (Å²) in [6.45, 7) is 1.71. The topological polar surface area (TPSA) is 55.4 Å². The summed E-state index contributed by atoms with van der Waals surface area (Å²) < 4.78 is 4.96. The van der Waals surface area contributed by atoms with Gasteiger partial charge in [-0.25, -0.2) is 0 Å². The highest BCUT2D eigenvalue weighted by atomic mass is 16.5. The summed E-state index contributed by atoms with van der Waals surface area (Å²) in [5.74, 6) is -0.189. The predicted molar refractivity (Wildman–Crippen MR) is 60.3 cm³/mol. The van der Waals surface area contributed by atoms with Gasteiger partial charge in [-0.1, -0.05) is 6.08 Å². The fraction of sp³-hybridized carbons (Fsp3) is 0.167. The molecule has 2 amide bonds. The second-order valence-corrected chi connectivity index (χ2v) is 3.05. The van der Waals surface area contributed by atoms with Crippen LogP contribution in [0.15, 0.2) is 36.4 Å². The molecule has 0 spiro atoms. The smallest absolute Gasteiger partial charge is 0.258 e. The van der Waals surface area contributed by atoms with E-state index in [1.807, 2.05) is 0 Å². The molecule has 1 N–H and O–H groups in total. The lowest BCUT2D eigenvalue weighted by atomic mass is 10.2. The van der Waals surface area contributed by atoms with Gasteiger partial charge in [-0.05, 0) is 37.3 Å². The molecule has 0 atom stereocenters. The van der Waals surface area contributed by atoms with Crippen molar-refractivity contribution >= 4 is 11.8 Å². The molecule has 1 aromatic carbocycles. The van der Waals surface area contributed by atoms with Crippen LogP contribution in [-0.4, -0.2) is 18.9 Å². The lowest BCUT2D eigenvalue weighted by molar-refractivity contribution is -0.115. The molecule has 0 heterocycles. The van der Waals surface area contributed by atoms with Gasteiger partial charge in [0, 0.05) is 5.56 Å². The molecule has 1 aromatic rings. The van der Waals surface area contributed by atoms with Crippen LogP contribution >= 0.6 is 0 Å². The van der Waals surface area contributed by atoms with Crippen molar-refractivity contribution in [3.63, 3.8) is 0 Å². The largest absolute Gasteiger partial charge is 0.497 e. The van der Waals surface area contributed by atoms with Crippen LogP contribution in [0.25, 0.3) is 0 Å². The number of ether oxygens (including phenoxy) is 1. The highest BCUT2D eigenvalue weighted by Crippen LogP contribution is 2.10. The van der Waals surface area contributed by atoms with Crippen molar-refractivity contribution in [3.8, 4) is 5.75 Å². The van der Waals surface area contributed by atoms with Gasteiger partial charge in [0.15, 0.2) is 0 Å². The molecule has 0 bridgehead atoms. The lowest BCUT2D eigenvalue weighted by Crippen LogP contribution is -2.28. The fourth-order valence-electron chi connectivity index (χ4n) is 1.12. The van der Waals surface area contributed by atoms with Gasteiger partial charge < -0.3 is 4.74 Å². The lowest BCUT2D eigenvalue weighted by Gasteiger charge is -2.02. The second kappa shape index (κ2) is 5.70. The number of hydrogen-bond donors (Lipinski definition) is 1. The first-order valence-electron chi connectivity index (χ1n) is 4.79. The molecular formula is C12H13NO3. The Morgan fingerprint density at radius 2 is 1.88 bits per heavy atom. The normalized spacial score (nSPS) is 10.1. The quantitative estimate of drug-likeness (QED) is 0.784. The molecule has 84 valence electrons. The second-order valence-electron chi connectivity index (χ2n) is 3.05. The Morgan fingerprint density at radius 1 is 1.25 bits per heavy atom. The van der Waals surface area contributed by atoms with Crippen LogP contribution in [0.1, 0.15) is 17.3 Å². The van der Waals surface area contributed by atoms with E-state index in [9.17, 15) is 9.59 Å². The third-order valence-electron chi connectivity index (χ3n) is 1.91. The van der Waals surface area contributed by atoms with Crippen LogP contribution in [0.3, 0.4) is 0 Å². The standard InChI is InChI=1S/C12H13NO3/c1-3-4-11(14)13-12(15)9-5-7-10(16-2)8-6-9/h3-8H,1-2H3,(H,13,14,15)/b4-3+. The van der Waals surface area contributed by atoms with E-state index >= 15 is 0 Å². The summed E-state index contributed by atoms with van der Waals surface area (Å²) in [5, 5.41) is 2.23. The molecule has 0 unspecified atom stereocenters. The maximum Gasteiger partial charge on any atom is 0.258 e. The molecular weight excluding hydrogens is 206 g/mol. The minimum Gasteiger partial charge on any atom is -0.497 e. The number of rotatable bonds is 3.